The fourth-order valence-electron chi connectivity index (χ4n) is 7.41. The Morgan fingerprint density at radius 3 is 1.25 bits per heavy atom. The Morgan fingerprint density at radius 2 is 0.750 bits per heavy atom. The number of benzene rings is 7. The van der Waals surface area contributed by atoms with Gasteiger partial charge in [0.05, 0.1) is 22.1 Å². The van der Waals surface area contributed by atoms with Crippen LogP contribution < -0.4 is 0 Å². The molecular formula is C46H36N2. The molecule has 0 N–H and O–H groups in total. The van der Waals surface area contributed by atoms with Crippen molar-refractivity contribution in [3.63, 3.8) is 0 Å². The molecule has 0 fully saturated rings. The first kappa shape index (κ1) is 28.4. The largest absolute Gasteiger partial charge is 0.309 e. The molecule has 2 heteroatoms. The van der Waals surface area contributed by atoms with Crippen LogP contribution >= 0.6 is 0 Å². The van der Waals surface area contributed by atoms with E-state index in [1.54, 1.807) is 0 Å². The molecule has 0 radical (unpaired) electrons. The smallest absolute Gasteiger partial charge is 0.0541 e. The summed E-state index contributed by atoms with van der Waals surface area (Å²) in [5, 5.41) is 5.05. The highest BCUT2D eigenvalue weighted by molar-refractivity contribution is 6.13. The summed E-state index contributed by atoms with van der Waals surface area (Å²) in [7, 11) is 0. The van der Waals surface area contributed by atoms with Gasteiger partial charge in [0.1, 0.15) is 0 Å². The molecule has 0 aliphatic rings. The van der Waals surface area contributed by atoms with Crippen LogP contribution in [0, 0.1) is 0 Å². The fraction of sp³-hybridized carbons (Fsp3) is 0.0870. The zero-order valence-corrected chi connectivity index (χ0v) is 27.5. The van der Waals surface area contributed by atoms with Crippen LogP contribution in [0.25, 0.3) is 77.2 Å². The third kappa shape index (κ3) is 4.56. The third-order valence-corrected chi connectivity index (χ3v) is 9.86. The normalized spacial score (nSPS) is 12.1. The predicted molar refractivity (Wildman–Crippen MR) is 205 cm³/mol. The van der Waals surface area contributed by atoms with Crippen molar-refractivity contribution in [2.45, 2.75) is 26.2 Å². The van der Waals surface area contributed by atoms with Crippen LogP contribution in [0.5, 0.6) is 0 Å². The monoisotopic (exact) mass is 616 g/mol. The van der Waals surface area contributed by atoms with E-state index < -0.39 is 0 Å². The molecular weight excluding hydrogens is 581 g/mol. The van der Waals surface area contributed by atoms with Crippen molar-refractivity contribution in [3.8, 4) is 33.6 Å². The molecule has 9 aromatic rings. The van der Waals surface area contributed by atoms with Gasteiger partial charge in [-0.05, 0) is 100.0 Å². The molecule has 0 saturated carbocycles. The second-order valence-corrected chi connectivity index (χ2v) is 13.9. The quantitative estimate of drug-likeness (QED) is 0.186. The van der Waals surface area contributed by atoms with Crippen LogP contribution in [0.2, 0.25) is 0 Å². The van der Waals surface area contributed by atoms with Gasteiger partial charge in [0.15, 0.2) is 0 Å². The number of aromatic nitrogens is 2. The first-order valence-corrected chi connectivity index (χ1v) is 16.8. The van der Waals surface area contributed by atoms with Crippen molar-refractivity contribution in [3.05, 3.63) is 169 Å². The molecule has 0 amide bonds. The van der Waals surface area contributed by atoms with Crippen LogP contribution in [0.1, 0.15) is 26.3 Å². The van der Waals surface area contributed by atoms with Gasteiger partial charge in [0, 0.05) is 32.9 Å². The van der Waals surface area contributed by atoms with Crippen LogP contribution in [0.15, 0.2) is 164 Å². The lowest BCUT2D eigenvalue weighted by Crippen LogP contribution is -2.10. The predicted octanol–water partition coefficient (Wildman–Crippen LogP) is 12.5. The Hall–Kier alpha value is -5.86. The zero-order valence-electron chi connectivity index (χ0n) is 27.5. The molecule has 0 bridgehead atoms. The number of para-hydroxylation sites is 3. The fourth-order valence-corrected chi connectivity index (χ4v) is 7.41. The van der Waals surface area contributed by atoms with Crippen LogP contribution in [0.4, 0.5) is 0 Å². The van der Waals surface area contributed by atoms with Crippen LogP contribution in [-0.4, -0.2) is 9.13 Å². The van der Waals surface area contributed by atoms with Gasteiger partial charge in [-0.25, -0.2) is 0 Å². The molecule has 0 saturated heterocycles. The van der Waals surface area contributed by atoms with E-state index in [9.17, 15) is 0 Å². The molecule has 2 nitrogen and oxygen atoms in total. The molecule has 0 unspecified atom stereocenters. The average molecular weight is 617 g/mol. The first-order chi connectivity index (χ1) is 23.4. The van der Waals surface area contributed by atoms with Gasteiger partial charge in [0.2, 0.25) is 0 Å². The zero-order chi connectivity index (χ0) is 32.4. The molecule has 2 heterocycles. The van der Waals surface area contributed by atoms with E-state index in [1.165, 1.54) is 82.8 Å². The number of fused-ring (bicyclic) bond motifs is 6. The van der Waals surface area contributed by atoms with Gasteiger partial charge in [-0.15, -0.1) is 0 Å². The maximum atomic E-state index is 2.40. The molecule has 230 valence electrons. The molecule has 0 aliphatic heterocycles. The van der Waals surface area contributed by atoms with E-state index in [-0.39, 0.29) is 5.41 Å². The Balaban J connectivity index is 1.26. The second-order valence-electron chi connectivity index (χ2n) is 13.9. The van der Waals surface area contributed by atoms with Gasteiger partial charge >= 0.3 is 0 Å². The summed E-state index contributed by atoms with van der Waals surface area (Å²) in [5.41, 5.74) is 13.6. The first-order valence-electron chi connectivity index (χ1n) is 16.8. The Bertz CT molecular complexity index is 2630. The Kier molecular flexibility index (Phi) is 6.42. The Morgan fingerprint density at radius 1 is 0.333 bits per heavy atom. The van der Waals surface area contributed by atoms with Crippen molar-refractivity contribution in [1.29, 1.82) is 0 Å². The maximum absolute atomic E-state index is 2.40. The van der Waals surface area contributed by atoms with E-state index in [2.05, 4.69) is 194 Å². The lowest BCUT2D eigenvalue weighted by Gasteiger charge is -2.20. The number of nitrogens with zero attached hydrogens (tertiary/aromatic N) is 2. The van der Waals surface area contributed by atoms with Crippen molar-refractivity contribution >= 4 is 43.6 Å². The van der Waals surface area contributed by atoms with Crippen LogP contribution in [0.3, 0.4) is 0 Å². The van der Waals surface area contributed by atoms with E-state index in [0.29, 0.717) is 0 Å². The lowest BCUT2D eigenvalue weighted by atomic mass is 9.85. The summed E-state index contributed by atoms with van der Waals surface area (Å²) in [5.74, 6) is 0. The molecule has 2 aromatic heterocycles. The van der Waals surface area contributed by atoms with Crippen molar-refractivity contribution in [2.24, 2.45) is 0 Å². The van der Waals surface area contributed by atoms with Crippen molar-refractivity contribution in [2.75, 3.05) is 0 Å². The number of hydrogen-bond acceptors (Lipinski definition) is 0. The molecule has 48 heavy (non-hydrogen) atoms. The summed E-state index contributed by atoms with van der Waals surface area (Å²) < 4.78 is 4.78. The SMILES string of the molecule is CC(C)(C)c1cccc(-c2ccc3c(c2)c2cc(-c4ccc5c(c4)c4ccccc4n5-c4ccccc4)ccc2n3-c2ccccc2)c1. The highest BCUT2D eigenvalue weighted by atomic mass is 15.0. The van der Waals surface area contributed by atoms with Crippen LogP contribution in [-0.2, 0) is 5.41 Å². The number of rotatable bonds is 4. The van der Waals surface area contributed by atoms with Gasteiger partial charge in [-0.3, -0.25) is 0 Å². The summed E-state index contributed by atoms with van der Waals surface area (Å²) >= 11 is 0. The minimum Gasteiger partial charge on any atom is -0.309 e. The van der Waals surface area contributed by atoms with Crippen molar-refractivity contribution in [1.82, 2.24) is 9.13 Å². The summed E-state index contributed by atoms with van der Waals surface area (Å²) in [6.45, 7) is 6.84. The summed E-state index contributed by atoms with van der Waals surface area (Å²) in [6.07, 6.45) is 0. The van der Waals surface area contributed by atoms with E-state index >= 15 is 0 Å². The molecule has 0 spiro atoms. The van der Waals surface area contributed by atoms with E-state index in [1.807, 2.05) is 0 Å². The van der Waals surface area contributed by atoms with E-state index in [0.717, 1.165) is 0 Å². The average Bonchev–Trinajstić information content (AvgIpc) is 3.64. The maximum Gasteiger partial charge on any atom is 0.0541 e. The van der Waals surface area contributed by atoms with Crippen molar-refractivity contribution < 1.29 is 0 Å². The van der Waals surface area contributed by atoms with Gasteiger partial charge < -0.3 is 9.13 Å². The third-order valence-electron chi connectivity index (χ3n) is 9.86. The topological polar surface area (TPSA) is 9.86 Å². The Labute approximate surface area is 281 Å². The molecule has 0 aliphatic carbocycles. The molecule has 0 atom stereocenters. The van der Waals surface area contributed by atoms with Gasteiger partial charge in [-0.1, -0.05) is 118 Å². The highest BCUT2D eigenvalue weighted by Crippen LogP contribution is 2.39. The number of hydrogen-bond donors (Lipinski definition) is 0. The summed E-state index contributed by atoms with van der Waals surface area (Å²) in [6, 6.07) is 60.0. The standard InChI is InChI=1S/C46H36N2/c1-46(2,3)35-14-12-13-31(27-35)32-21-25-44-40(29-32)41-30-34(23-26-45(41)48(44)37-17-8-5-9-18-37)33-22-24-43-39(28-33)38-19-10-11-20-42(38)47(43)36-15-6-4-7-16-36/h4-30H,1-3H3. The second kappa shape index (κ2) is 10.9. The minimum atomic E-state index is 0.0901. The highest BCUT2D eigenvalue weighted by Gasteiger charge is 2.18. The van der Waals surface area contributed by atoms with Gasteiger partial charge in [0.25, 0.3) is 0 Å². The van der Waals surface area contributed by atoms with Gasteiger partial charge in [-0.2, -0.15) is 0 Å². The minimum absolute atomic E-state index is 0.0901. The summed E-state index contributed by atoms with van der Waals surface area (Å²) in [4.78, 5) is 0. The molecule has 7 aromatic carbocycles. The lowest BCUT2D eigenvalue weighted by molar-refractivity contribution is 0.590. The molecule has 9 rings (SSSR count). The van der Waals surface area contributed by atoms with E-state index in [4.69, 9.17) is 0 Å².